The van der Waals surface area contributed by atoms with Crippen molar-refractivity contribution in [1.29, 1.82) is 0 Å². The van der Waals surface area contributed by atoms with E-state index in [9.17, 15) is 0 Å². The Bertz CT molecular complexity index is 185. The van der Waals surface area contributed by atoms with E-state index in [1.807, 2.05) is 0 Å². The molecule has 0 radical (unpaired) electrons. The maximum absolute atomic E-state index is 5.69. The van der Waals surface area contributed by atoms with Crippen LogP contribution in [0.15, 0.2) is 0 Å². The van der Waals surface area contributed by atoms with Crippen molar-refractivity contribution in [3.63, 3.8) is 0 Å². The van der Waals surface area contributed by atoms with E-state index in [-0.39, 0.29) is 5.54 Å². The zero-order valence-corrected chi connectivity index (χ0v) is 9.51. The van der Waals surface area contributed by atoms with Crippen molar-refractivity contribution in [3.05, 3.63) is 0 Å². The molecule has 1 atom stereocenters. The summed E-state index contributed by atoms with van der Waals surface area (Å²) in [5, 5.41) is 3.74. The molecule has 14 heavy (non-hydrogen) atoms. The molecular weight excluding hydrogens is 174 g/mol. The van der Waals surface area contributed by atoms with Crippen molar-refractivity contribution in [2.75, 3.05) is 13.2 Å². The molecule has 2 aliphatic rings. The molecule has 1 heterocycles. The fourth-order valence-corrected chi connectivity index (χ4v) is 2.82. The van der Waals surface area contributed by atoms with Crippen LogP contribution in [-0.4, -0.2) is 24.8 Å². The predicted octanol–water partition coefficient (Wildman–Crippen LogP) is 2.33. The Balaban J connectivity index is 1.89. The van der Waals surface area contributed by atoms with Gasteiger partial charge in [-0.15, -0.1) is 0 Å². The Labute approximate surface area is 87.4 Å². The van der Waals surface area contributed by atoms with E-state index in [2.05, 4.69) is 19.2 Å². The second-order valence-corrected chi connectivity index (χ2v) is 5.55. The third kappa shape index (κ3) is 2.48. The first kappa shape index (κ1) is 10.4. The van der Waals surface area contributed by atoms with Gasteiger partial charge in [-0.2, -0.15) is 0 Å². The van der Waals surface area contributed by atoms with Crippen molar-refractivity contribution in [2.24, 2.45) is 5.92 Å². The van der Waals surface area contributed by atoms with Gasteiger partial charge < -0.3 is 10.1 Å². The number of hydrogen-bond acceptors (Lipinski definition) is 2. The molecule has 1 saturated carbocycles. The van der Waals surface area contributed by atoms with Crippen LogP contribution in [0.2, 0.25) is 0 Å². The Morgan fingerprint density at radius 1 is 1.14 bits per heavy atom. The van der Waals surface area contributed by atoms with Crippen molar-refractivity contribution >= 4 is 0 Å². The molecule has 0 amide bonds. The van der Waals surface area contributed by atoms with Gasteiger partial charge in [0.2, 0.25) is 0 Å². The highest BCUT2D eigenvalue weighted by Gasteiger charge is 2.32. The van der Waals surface area contributed by atoms with Crippen LogP contribution in [0.1, 0.15) is 46.0 Å². The molecule has 1 saturated heterocycles. The highest BCUT2D eigenvalue weighted by molar-refractivity contribution is 4.90. The van der Waals surface area contributed by atoms with Crippen LogP contribution in [-0.2, 0) is 4.74 Å². The van der Waals surface area contributed by atoms with Crippen molar-refractivity contribution in [2.45, 2.75) is 57.5 Å². The molecule has 82 valence electrons. The van der Waals surface area contributed by atoms with Crippen LogP contribution in [0.5, 0.6) is 0 Å². The first-order chi connectivity index (χ1) is 6.67. The number of ether oxygens (including phenoxy) is 1. The summed E-state index contributed by atoms with van der Waals surface area (Å²) in [5.41, 5.74) is 0.181. The number of morpholine rings is 1. The van der Waals surface area contributed by atoms with Crippen LogP contribution in [0.4, 0.5) is 0 Å². The van der Waals surface area contributed by atoms with Gasteiger partial charge in [0.05, 0.1) is 13.2 Å². The fraction of sp³-hybridized carbons (Fsp3) is 1.00. The summed E-state index contributed by atoms with van der Waals surface area (Å²) in [4.78, 5) is 0. The second-order valence-electron chi connectivity index (χ2n) is 5.55. The Hall–Kier alpha value is -0.0800. The van der Waals surface area contributed by atoms with Gasteiger partial charge in [0.25, 0.3) is 0 Å². The molecular formula is C12H23NO. The smallest absolute Gasteiger partial charge is 0.0643 e. The quantitative estimate of drug-likeness (QED) is 0.696. The zero-order valence-electron chi connectivity index (χ0n) is 9.51. The maximum atomic E-state index is 5.69. The van der Waals surface area contributed by atoms with Crippen molar-refractivity contribution in [1.82, 2.24) is 5.32 Å². The van der Waals surface area contributed by atoms with Gasteiger partial charge in [-0.05, 0) is 32.6 Å². The van der Waals surface area contributed by atoms with E-state index < -0.39 is 0 Å². The summed E-state index contributed by atoms with van der Waals surface area (Å²) < 4.78 is 5.69. The molecule has 1 aliphatic carbocycles. The molecule has 1 unspecified atom stereocenters. The average molecular weight is 197 g/mol. The molecule has 0 aromatic carbocycles. The molecule has 0 aromatic rings. The topological polar surface area (TPSA) is 21.3 Å². The zero-order chi connectivity index (χ0) is 10.0. The summed E-state index contributed by atoms with van der Waals surface area (Å²) in [6.45, 7) is 6.26. The van der Waals surface area contributed by atoms with E-state index in [4.69, 9.17) is 4.74 Å². The molecule has 2 fully saturated rings. The molecule has 2 rings (SSSR count). The van der Waals surface area contributed by atoms with Gasteiger partial charge in [0, 0.05) is 11.6 Å². The normalized spacial score (nSPS) is 34.3. The molecule has 1 N–H and O–H groups in total. The van der Waals surface area contributed by atoms with Gasteiger partial charge in [-0.25, -0.2) is 0 Å². The number of hydrogen-bond donors (Lipinski definition) is 1. The molecule has 0 aromatic heterocycles. The summed E-state index contributed by atoms with van der Waals surface area (Å²) in [6.07, 6.45) is 7.08. The number of rotatable bonds is 1. The number of nitrogens with one attached hydrogen (secondary N) is 1. The fourth-order valence-electron chi connectivity index (χ4n) is 2.82. The lowest BCUT2D eigenvalue weighted by atomic mass is 9.82. The minimum absolute atomic E-state index is 0.181. The molecule has 2 nitrogen and oxygen atoms in total. The Morgan fingerprint density at radius 3 is 2.50 bits per heavy atom. The molecule has 1 aliphatic heterocycles. The maximum Gasteiger partial charge on any atom is 0.0643 e. The van der Waals surface area contributed by atoms with E-state index in [1.165, 1.54) is 32.1 Å². The average Bonchev–Trinajstić information content (AvgIpc) is 2.18. The third-order valence-electron chi connectivity index (χ3n) is 3.56. The van der Waals surface area contributed by atoms with E-state index >= 15 is 0 Å². The van der Waals surface area contributed by atoms with Gasteiger partial charge in [0.15, 0.2) is 0 Å². The highest BCUT2D eigenvalue weighted by atomic mass is 16.5. The summed E-state index contributed by atoms with van der Waals surface area (Å²) in [5.74, 6) is 0.864. The van der Waals surface area contributed by atoms with Gasteiger partial charge in [-0.1, -0.05) is 19.3 Å². The largest absolute Gasteiger partial charge is 0.378 e. The standard InChI is InChI=1S/C12H23NO/c1-12(2)9-14-8-11(13-12)10-6-4-3-5-7-10/h10-11,13H,3-9H2,1-2H3. The molecule has 2 heteroatoms. The van der Waals surface area contributed by atoms with E-state index in [1.54, 1.807) is 0 Å². The van der Waals surface area contributed by atoms with Gasteiger partial charge >= 0.3 is 0 Å². The van der Waals surface area contributed by atoms with Crippen molar-refractivity contribution < 1.29 is 4.74 Å². The third-order valence-corrected chi connectivity index (χ3v) is 3.56. The monoisotopic (exact) mass is 197 g/mol. The van der Waals surface area contributed by atoms with E-state index in [0.29, 0.717) is 6.04 Å². The predicted molar refractivity (Wildman–Crippen MR) is 58.4 cm³/mol. The Kier molecular flexibility index (Phi) is 3.13. The van der Waals surface area contributed by atoms with Crippen LogP contribution in [0.25, 0.3) is 0 Å². The second kappa shape index (κ2) is 4.19. The van der Waals surface area contributed by atoms with Crippen molar-refractivity contribution in [3.8, 4) is 0 Å². The lowest BCUT2D eigenvalue weighted by Gasteiger charge is -2.41. The lowest BCUT2D eigenvalue weighted by molar-refractivity contribution is -0.00843. The van der Waals surface area contributed by atoms with Crippen LogP contribution < -0.4 is 5.32 Å². The minimum atomic E-state index is 0.181. The molecule has 0 spiro atoms. The highest BCUT2D eigenvalue weighted by Crippen LogP contribution is 2.29. The van der Waals surface area contributed by atoms with Gasteiger partial charge in [-0.3, -0.25) is 0 Å². The van der Waals surface area contributed by atoms with E-state index in [0.717, 1.165) is 19.1 Å². The lowest BCUT2D eigenvalue weighted by Crippen LogP contribution is -2.58. The first-order valence-electron chi connectivity index (χ1n) is 6.03. The van der Waals surface area contributed by atoms with Crippen LogP contribution in [0, 0.1) is 5.92 Å². The minimum Gasteiger partial charge on any atom is -0.378 e. The van der Waals surface area contributed by atoms with Gasteiger partial charge in [0.1, 0.15) is 0 Å². The Morgan fingerprint density at radius 2 is 1.86 bits per heavy atom. The van der Waals surface area contributed by atoms with Crippen LogP contribution in [0.3, 0.4) is 0 Å². The summed E-state index contributed by atoms with van der Waals surface area (Å²) >= 11 is 0. The summed E-state index contributed by atoms with van der Waals surface area (Å²) in [7, 11) is 0. The first-order valence-corrected chi connectivity index (χ1v) is 6.03. The SMILES string of the molecule is CC1(C)COCC(C2CCCCC2)N1. The summed E-state index contributed by atoms with van der Waals surface area (Å²) in [6, 6.07) is 0.610. The van der Waals surface area contributed by atoms with Crippen LogP contribution >= 0.6 is 0 Å². The molecule has 0 bridgehead atoms.